The van der Waals surface area contributed by atoms with Crippen molar-refractivity contribution in [3.63, 3.8) is 0 Å². The van der Waals surface area contributed by atoms with E-state index in [0.29, 0.717) is 5.69 Å². The fraction of sp³-hybridized carbons (Fsp3) is 0.250. The molecular weight excluding hydrogens is 348 g/mol. The third kappa shape index (κ3) is 7.53. The molecule has 0 saturated heterocycles. The van der Waals surface area contributed by atoms with Gasteiger partial charge in [-0.2, -0.15) is 0 Å². The fourth-order valence-electron chi connectivity index (χ4n) is 2.44. The van der Waals surface area contributed by atoms with Crippen molar-refractivity contribution in [3.8, 4) is 0 Å². The molecule has 1 unspecified atom stereocenters. The summed E-state index contributed by atoms with van der Waals surface area (Å²) >= 11 is 0. The molecule has 0 spiro atoms. The van der Waals surface area contributed by atoms with E-state index in [1.807, 2.05) is 25.1 Å². The Hall–Kier alpha value is -2.60. The summed E-state index contributed by atoms with van der Waals surface area (Å²) in [5.41, 5.74) is 2.56. The first-order valence-corrected chi connectivity index (χ1v) is 10.3. The molecule has 0 aliphatic rings. The summed E-state index contributed by atoms with van der Waals surface area (Å²) in [7, 11) is -3.29. The molecule has 1 amide bonds. The highest BCUT2D eigenvalue weighted by molar-refractivity contribution is 7.92. The van der Waals surface area contributed by atoms with Gasteiger partial charge < -0.3 is 5.32 Å². The molecule has 2 aromatic rings. The topological polar surface area (TPSA) is 75.3 Å². The molecule has 2 aromatic carbocycles. The second-order valence-electron chi connectivity index (χ2n) is 6.26. The highest BCUT2D eigenvalue weighted by Crippen LogP contribution is 2.12. The summed E-state index contributed by atoms with van der Waals surface area (Å²) in [6, 6.07) is 17.1. The van der Waals surface area contributed by atoms with Crippen LogP contribution >= 0.6 is 0 Å². The monoisotopic (exact) mass is 372 g/mol. The Bertz CT molecular complexity index is 844. The lowest BCUT2D eigenvalue weighted by Crippen LogP contribution is -2.31. The van der Waals surface area contributed by atoms with E-state index >= 15 is 0 Å². The van der Waals surface area contributed by atoms with Gasteiger partial charge in [0.15, 0.2) is 0 Å². The van der Waals surface area contributed by atoms with Crippen LogP contribution in [-0.4, -0.2) is 26.6 Å². The van der Waals surface area contributed by atoms with E-state index in [4.69, 9.17) is 0 Å². The third-order valence-corrected chi connectivity index (χ3v) is 4.35. The molecule has 0 heterocycles. The molecule has 0 saturated carbocycles. The van der Waals surface area contributed by atoms with Crippen molar-refractivity contribution >= 4 is 27.7 Å². The first-order chi connectivity index (χ1) is 12.3. The molecule has 0 aliphatic heterocycles. The minimum Gasteiger partial charge on any atom is -0.350 e. The van der Waals surface area contributed by atoms with Gasteiger partial charge in [0.25, 0.3) is 0 Å². The number of amides is 1. The van der Waals surface area contributed by atoms with Crippen molar-refractivity contribution in [3.05, 3.63) is 71.8 Å². The van der Waals surface area contributed by atoms with E-state index in [0.717, 1.165) is 24.7 Å². The number of aryl methyl sites for hydroxylation is 1. The summed E-state index contributed by atoms with van der Waals surface area (Å²) in [5, 5.41) is 2.95. The van der Waals surface area contributed by atoms with E-state index in [-0.39, 0.29) is 11.9 Å². The van der Waals surface area contributed by atoms with Crippen LogP contribution in [0.3, 0.4) is 0 Å². The highest BCUT2D eigenvalue weighted by atomic mass is 32.2. The fourth-order valence-corrected chi connectivity index (χ4v) is 3.00. The van der Waals surface area contributed by atoms with Crippen molar-refractivity contribution in [1.29, 1.82) is 0 Å². The summed E-state index contributed by atoms with van der Waals surface area (Å²) in [4.78, 5) is 12.0. The van der Waals surface area contributed by atoms with E-state index < -0.39 is 10.0 Å². The van der Waals surface area contributed by atoms with Crippen LogP contribution in [0.15, 0.2) is 60.7 Å². The van der Waals surface area contributed by atoms with Gasteiger partial charge in [0.05, 0.1) is 6.26 Å². The quantitative estimate of drug-likeness (QED) is 0.699. The van der Waals surface area contributed by atoms with E-state index in [1.165, 1.54) is 11.6 Å². The van der Waals surface area contributed by atoms with E-state index in [2.05, 4.69) is 22.2 Å². The van der Waals surface area contributed by atoms with Gasteiger partial charge in [-0.25, -0.2) is 8.42 Å². The number of carbonyl (C=O) groups is 1. The van der Waals surface area contributed by atoms with Crippen LogP contribution in [0.4, 0.5) is 5.69 Å². The third-order valence-electron chi connectivity index (χ3n) is 3.74. The molecule has 2 rings (SSSR count). The zero-order valence-electron chi connectivity index (χ0n) is 15.0. The number of sulfonamides is 1. The number of rotatable bonds is 8. The average Bonchev–Trinajstić information content (AvgIpc) is 2.59. The molecule has 138 valence electrons. The Morgan fingerprint density at radius 2 is 1.73 bits per heavy atom. The first kappa shape index (κ1) is 19.7. The van der Waals surface area contributed by atoms with Crippen molar-refractivity contribution in [2.45, 2.75) is 25.8 Å². The van der Waals surface area contributed by atoms with Gasteiger partial charge in [0.2, 0.25) is 15.9 Å². The van der Waals surface area contributed by atoms with Crippen molar-refractivity contribution in [2.24, 2.45) is 0 Å². The lowest BCUT2D eigenvalue weighted by atomic mass is 10.1. The maximum absolute atomic E-state index is 12.0. The van der Waals surface area contributed by atoms with E-state index in [1.54, 1.807) is 30.3 Å². The van der Waals surface area contributed by atoms with Crippen LogP contribution < -0.4 is 10.0 Å². The zero-order valence-corrected chi connectivity index (χ0v) is 15.8. The predicted molar refractivity (Wildman–Crippen MR) is 106 cm³/mol. The number of hydrogen-bond donors (Lipinski definition) is 2. The van der Waals surface area contributed by atoms with Crippen molar-refractivity contribution in [2.75, 3.05) is 11.0 Å². The maximum Gasteiger partial charge on any atom is 0.244 e. The summed E-state index contributed by atoms with van der Waals surface area (Å²) in [6.07, 6.45) is 6.07. The second-order valence-corrected chi connectivity index (χ2v) is 8.01. The Labute approximate surface area is 155 Å². The Balaban J connectivity index is 1.81. The lowest BCUT2D eigenvalue weighted by Gasteiger charge is -2.12. The normalized spacial score (nSPS) is 12.7. The largest absolute Gasteiger partial charge is 0.350 e. The molecule has 1 atom stereocenters. The first-order valence-electron chi connectivity index (χ1n) is 8.42. The molecule has 0 radical (unpaired) electrons. The van der Waals surface area contributed by atoms with Crippen LogP contribution in [0.5, 0.6) is 0 Å². The molecule has 5 nitrogen and oxygen atoms in total. The highest BCUT2D eigenvalue weighted by Gasteiger charge is 2.05. The Kier molecular flexibility index (Phi) is 6.97. The molecule has 0 bridgehead atoms. The van der Waals surface area contributed by atoms with Gasteiger partial charge in [0.1, 0.15) is 0 Å². The molecule has 0 aromatic heterocycles. The van der Waals surface area contributed by atoms with Crippen LogP contribution in [0.2, 0.25) is 0 Å². The van der Waals surface area contributed by atoms with Crippen LogP contribution in [0.1, 0.15) is 24.5 Å². The lowest BCUT2D eigenvalue weighted by molar-refractivity contribution is -0.117. The van der Waals surface area contributed by atoms with Gasteiger partial charge in [-0.3, -0.25) is 9.52 Å². The predicted octanol–water partition coefficient (Wildman–Crippen LogP) is 3.21. The smallest absolute Gasteiger partial charge is 0.244 e. The number of hydrogen-bond acceptors (Lipinski definition) is 3. The van der Waals surface area contributed by atoms with E-state index in [9.17, 15) is 13.2 Å². The van der Waals surface area contributed by atoms with Crippen LogP contribution in [-0.2, 0) is 21.2 Å². The number of nitrogens with one attached hydrogen (secondary N) is 2. The number of benzene rings is 2. The second kappa shape index (κ2) is 9.20. The van der Waals surface area contributed by atoms with Gasteiger partial charge in [-0.15, -0.1) is 0 Å². The Morgan fingerprint density at radius 3 is 2.35 bits per heavy atom. The average molecular weight is 372 g/mol. The summed E-state index contributed by atoms with van der Waals surface area (Å²) in [6.45, 7) is 1.99. The maximum atomic E-state index is 12.0. The molecule has 26 heavy (non-hydrogen) atoms. The van der Waals surface area contributed by atoms with Gasteiger partial charge in [-0.1, -0.05) is 42.5 Å². The minimum atomic E-state index is -3.29. The summed E-state index contributed by atoms with van der Waals surface area (Å²) in [5.74, 6) is -0.149. The van der Waals surface area contributed by atoms with Crippen molar-refractivity contribution < 1.29 is 13.2 Å². The number of anilines is 1. The molecule has 0 fully saturated rings. The Morgan fingerprint density at radius 1 is 1.08 bits per heavy atom. The molecule has 0 aliphatic carbocycles. The van der Waals surface area contributed by atoms with Gasteiger partial charge >= 0.3 is 0 Å². The summed E-state index contributed by atoms with van der Waals surface area (Å²) < 4.78 is 24.7. The van der Waals surface area contributed by atoms with Crippen LogP contribution in [0, 0.1) is 0 Å². The standard InChI is InChI=1S/C20H24N2O3S/c1-16(8-9-17-6-4-3-5-7-17)21-20(23)15-12-18-10-13-19(14-11-18)22-26(2,24)25/h3-7,10-16,22H,8-9H2,1-2H3,(H,21,23)/b15-12+. The SMILES string of the molecule is CC(CCc1ccccc1)NC(=O)/C=C/c1ccc(NS(C)(=O)=O)cc1. The van der Waals surface area contributed by atoms with Gasteiger partial charge in [0, 0.05) is 17.8 Å². The molecule has 2 N–H and O–H groups in total. The van der Waals surface area contributed by atoms with Crippen molar-refractivity contribution in [1.82, 2.24) is 5.32 Å². The van der Waals surface area contributed by atoms with Gasteiger partial charge in [-0.05, 0) is 49.1 Å². The molecule has 6 heteroatoms. The van der Waals surface area contributed by atoms with Crippen LogP contribution in [0.25, 0.3) is 6.08 Å². The molecular formula is C20H24N2O3S. The zero-order chi connectivity index (χ0) is 19.0. The number of carbonyl (C=O) groups excluding carboxylic acids is 1. The minimum absolute atomic E-state index is 0.0775.